The number of aromatic hydroxyl groups is 1. The van der Waals surface area contributed by atoms with Crippen molar-refractivity contribution in [3.05, 3.63) is 35.1 Å². The van der Waals surface area contributed by atoms with E-state index < -0.39 is 5.82 Å². The summed E-state index contributed by atoms with van der Waals surface area (Å²) in [5.74, 6) is -0.997. The molecule has 0 bridgehead atoms. The summed E-state index contributed by atoms with van der Waals surface area (Å²) in [6, 6.07) is 4.13. The van der Waals surface area contributed by atoms with Gasteiger partial charge >= 0.3 is 0 Å². The molecule has 0 saturated heterocycles. The van der Waals surface area contributed by atoms with Crippen LogP contribution in [0.4, 0.5) is 4.39 Å². The molecular formula is C11H11FN2OS. The van der Waals surface area contributed by atoms with Gasteiger partial charge in [-0.25, -0.2) is 9.37 Å². The molecule has 0 spiro atoms. The molecular weight excluding hydrogens is 227 g/mol. The quantitative estimate of drug-likeness (QED) is 0.845. The van der Waals surface area contributed by atoms with Crippen molar-refractivity contribution >= 4 is 11.3 Å². The van der Waals surface area contributed by atoms with Crippen LogP contribution in [0.2, 0.25) is 0 Å². The van der Waals surface area contributed by atoms with Gasteiger partial charge in [-0.3, -0.25) is 0 Å². The molecule has 0 amide bonds. The van der Waals surface area contributed by atoms with Crippen LogP contribution in [0, 0.1) is 5.82 Å². The van der Waals surface area contributed by atoms with Crippen LogP contribution in [0.1, 0.15) is 17.8 Å². The molecule has 0 radical (unpaired) electrons. The normalized spacial score (nSPS) is 12.7. The summed E-state index contributed by atoms with van der Waals surface area (Å²) in [7, 11) is 0. The molecule has 2 rings (SSSR count). The molecule has 1 aromatic carbocycles. The summed E-state index contributed by atoms with van der Waals surface area (Å²) in [6.07, 6.45) is 1.69. The monoisotopic (exact) mass is 238 g/mol. The zero-order valence-electron chi connectivity index (χ0n) is 8.64. The fraction of sp³-hybridized carbons (Fsp3) is 0.182. The topological polar surface area (TPSA) is 59.1 Å². The van der Waals surface area contributed by atoms with E-state index >= 15 is 0 Å². The highest BCUT2D eigenvalue weighted by molar-refractivity contribution is 7.15. The van der Waals surface area contributed by atoms with Crippen molar-refractivity contribution in [3.8, 4) is 16.3 Å². The zero-order chi connectivity index (χ0) is 11.7. The van der Waals surface area contributed by atoms with Crippen molar-refractivity contribution in [1.82, 2.24) is 4.98 Å². The average molecular weight is 238 g/mol. The van der Waals surface area contributed by atoms with E-state index in [2.05, 4.69) is 4.98 Å². The zero-order valence-corrected chi connectivity index (χ0v) is 9.46. The maximum absolute atomic E-state index is 13.1. The van der Waals surface area contributed by atoms with Gasteiger partial charge in [-0.2, -0.15) is 0 Å². The third-order valence-electron chi connectivity index (χ3n) is 2.17. The molecule has 5 heteroatoms. The first-order valence-corrected chi connectivity index (χ1v) is 5.60. The third-order valence-corrected chi connectivity index (χ3v) is 3.41. The summed E-state index contributed by atoms with van der Waals surface area (Å²) >= 11 is 1.42. The minimum absolute atomic E-state index is 0.0757. The van der Waals surface area contributed by atoms with Crippen molar-refractivity contribution in [3.63, 3.8) is 0 Å². The van der Waals surface area contributed by atoms with Crippen LogP contribution in [-0.4, -0.2) is 10.1 Å². The number of nitrogens with two attached hydrogens (primary N) is 1. The molecule has 0 fully saturated rings. The molecule has 1 heterocycles. The Morgan fingerprint density at radius 3 is 2.81 bits per heavy atom. The summed E-state index contributed by atoms with van der Waals surface area (Å²) < 4.78 is 13.1. The van der Waals surface area contributed by atoms with E-state index in [0.29, 0.717) is 10.6 Å². The number of halogens is 1. The number of phenols is 1. The summed E-state index contributed by atoms with van der Waals surface area (Å²) in [4.78, 5) is 5.12. The van der Waals surface area contributed by atoms with E-state index in [1.165, 1.54) is 23.5 Å². The van der Waals surface area contributed by atoms with Crippen LogP contribution in [0.15, 0.2) is 24.4 Å². The lowest BCUT2D eigenvalue weighted by molar-refractivity contribution is 0.432. The first-order chi connectivity index (χ1) is 7.58. The molecule has 0 aliphatic heterocycles. The van der Waals surface area contributed by atoms with Crippen molar-refractivity contribution in [1.29, 1.82) is 0 Å². The molecule has 3 N–H and O–H groups in total. The molecule has 0 aliphatic rings. The van der Waals surface area contributed by atoms with Crippen LogP contribution < -0.4 is 5.73 Å². The predicted octanol–water partition coefficient (Wildman–Crippen LogP) is 2.67. The smallest absolute Gasteiger partial charge is 0.165 e. The Kier molecular flexibility index (Phi) is 2.89. The van der Waals surface area contributed by atoms with Crippen LogP contribution in [0.3, 0.4) is 0 Å². The Hall–Kier alpha value is -1.46. The number of thiazole rings is 1. The molecule has 0 saturated carbocycles. The second kappa shape index (κ2) is 4.19. The van der Waals surface area contributed by atoms with E-state index in [0.717, 1.165) is 4.88 Å². The van der Waals surface area contributed by atoms with Crippen LogP contribution in [0.25, 0.3) is 10.6 Å². The summed E-state index contributed by atoms with van der Waals surface area (Å²) in [6.45, 7) is 1.87. The van der Waals surface area contributed by atoms with Gasteiger partial charge in [-0.15, -0.1) is 11.3 Å². The highest BCUT2D eigenvalue weighted by Crippen LogP contribution is 2.30. The van der Waals surface area contributed by atoms with E-state index in [-0.39, 0.29) is 11.8 Å². The van der Waals surface area contributed by atoms with Crippen molar-refractivity contribution < 1.29 is 9.50 Å². The van der Waals surface area contributed by atoms with Gasteiger partial charge in [0.2, 0.25) is 0 Å². The van der Waals surface area contributed by atoms with E-state index in [1.54, 1.807) is 12.3 Å². The molecule has 3 nitrogen and oxygen atoms in total. The minimum Gasteiger partial charge on any atom is -0.505 e. The first-order valence-electron chi connectivity index (χ1n) is 4.78. The van der Waals surface area contributed by atoms with Gasteiger partial charge in [0.15, 0.2) is 11.6 Å². The number of benzene rings is 1. The Bertz CT molecular complexity index is 510. The number of hydrogen-bond donors (Lipinski definition) is 2. The lowest BCUT2D eigenvalue weighted by Crippen LogP contribution is -2.01. The van der Waals surface area contributed by atoms with Gasteiger partial charge in [0.05, 0.1) is 0 Å². The third kappa shape index (κ3) is 2.05. The largest absolute Gasteiger partial charge is 0.505 e. The highest BCUT2D eigenvalue weighted by Gasteiger charge is 2.09. The van der Waals surface area contributed by atoms with Crippen LogP contribution in [0.5, 0.6) is 5.75 Å². The highest BCUT2D eigenvalue weighted by atomic mass is 32.1. The lowest BCUT2D eigenvalue weighted by Gasteiger charge is -1.99. The fourth-order valence-electron chi connectivity index (χ4n) is 1.27. The Morgan fingerprint density at radius 2 is 2.25 bits per heavy atom. The van der Waals surface area contributed by atoms with Crippen molar-refractivity contribution in [2.75, 3.05) is 0 Å². The number of phenolic OH excluding ortho intramolecular Hbond substituents is 1. The Labute approximate surface area is 96.4 Å². The van der Waals surface area contributed by atoms with E-state index in [9.17, 15) is 4.39 Å². The van der Waals surface area contributed by atoms with Gasteiger partial charge in [-0.1, -0.05) is 0 Å². The van der Waals surface area contributed by atoms with Crippen LogP contribution in [-0.2, 0) is 0 Å². The minimum atomic E-state index is -0.643. The second-order valence-corrected chi connectivity index (χ2v) is 4.58. The molecule has 1 aromatic heterocycles. The van der Waals surface area contributed by atoms with Gasteiger partial charge < -0.3 is 10.8 Å². The van der Waals surface area contributed by atoms with Gasteiger partial charge in [0.25, 0.3) is 0 Å². The number of nitrogens with zero attached hydrogens (tertiary/aromatic N) is 1. The van der Waals surface area contributed by atoms with Gasteiger partial charge in [0.1, 0.15) is 5.01 Å². The first kappa shape index (κ1) is 11.0. The number of aromatic nitrogens is 1. The maximum atomic E-state index is 13.1. The summed E-state index contributed by atoms with van der Waals surface area (Å²) in [5, 5.41) is 9.77. The van der Waals surface area contributed by atoms with Gasteiger partial charge in [0, 0.05) is 22.7 Å². The average Bonchev–Trinajstić information content (AvgIpc) is 2.71. The molecule has 1 unspecified atom stereocenters. The van der Waals surface area contributed by atoms with Crippen molar-refractivity contribution in [2.45, 2.75) is 13.0 Å². The summed E-state index contributed by atoms with van der Waals surface area (Å²) in [5.41, 5.74) is 6.36. The molecule has 84 valence electrons. The maximum Gasteiger partial charge on any atom is 0.165 e. The standard InChI is InChI=1S/C11H11FN2OS/c1-6(13)10-5-14-11(16-10)7-2-3-9(15)8(12)4-7/h2-6,15H,13H2,1H3. The SMILES string of the molecule is CC(N)c1cnc(-c2ccc(O)c(F)c2)s1. The van der Waals surface area contributed by atoms with Crippen molar-refractivity contribution in [2.24, 2.45) is 5.73 Å². The predicted molar refractivity (Wildman–Crippen MR) is 61.8 cm³/mol. The van der Waals surface area contributed by atoms with Gasteiger partial charge in [-0.05, 0) is 25.1 Å². The van der Waals surface area contributed by atoms with E-state index in [4.69, 9.17) is 10.8 Å². The second-order valence-electron chi connectivity index (χ2n) is 3.52. The molecule has 0 aliphatic carbocycles. The number of hydrogen-bond acceptors (Lipinski definition) is 4. The molecule has 1 atom stereocenters. The molecule has 2 aromatic rings. The molecule has 16 heavy (non-hydrogen) atoms. The lowest BCUT2D eigenvalue weighted by atomic mass is 10.2. The number of rotatable bonds is 2. The Morgan fingerprint density at radius 1 is 1.50 bits per heavy atom. The van der Waals surface area contributed by atoms with E-state index in [1.807, 2.05) is 6.92 Å². The van der Waals surface area contributed by atoms with Crippen LogP contribution >= 0.6 is 11.3 Å². The Balaban J connectivity index is 2.39. The fourth-order valence-corrected chi connectivity index (χ4v) is 2.14.